The molecular formula is C18H18N2S2. The summed E-state index contributed by atoms with van der Waals surface area (Å²) >= 11 is 3.64. The van der Waals surface area contributed by atoms with Crippen LogP contribution >= 0.6 is 23.1 Å². The molecule has 0 aliphatic heterocycles. The molecule has 1 aliphatic rings. The van der Waals surface area contributed by atoms with Crippen LogP contribution in [0.3, 0.4) is 0 Å². The molecule has 0 N–H and O–H groups in total. The Hall–Kier alpha value is -1.39. The zero-order valence-corrected chi connectivity index (χ0v) is 14.3. The third kappa shape index (κ3) is 2.66. The van der Waals surface area contributed by atoms with Crippen molar-refractivity contribution < 1.29 is 0 Å². The van der Waals surface area contributed by atoms with Crippen LogP contribution in [0.15, 0.2) is 40.5 Å². The van der Waals surface area contributed by atoms with Crippen molar-refractivity contribution in [3.63, 3.8) is 0 Å². The first kappa shape index (κ1) is 14.2. The Labute approximate surface area is 139 Å². The van der Waals surface area contributed by atoms with E-state index in [-0.39, 0.29) is 0 Å². The van der Waals surface area contributed by atoms with E-state index < -0.39 is 0 Å². The summed E-state index contributed by atoms with van der Waals surface area (Å²) in [5, 5.41) is 2.43. The summed E-state index contributed by atoms with van der Waals surface area (Å²) in [5.74, 6) is 0. The van der Waals surface area contributed by atoms with Gasteiger partial charge in [-0.25, -0.2) is 9.97 Å². The maximum atomic E-state index is 4.59. The lowest BCUT2D eigenvalue weighted by Gasteiger charge is -2.05. The first-order chi connectivity index (χ1) is 10.8. The minimum absolute atomic E-state index is 1.12. The SMILES string of the molecule is Cc1ccc(Sc2ncnc3sc4c(c23)CCCCC4)cc1. The quantitative estimate of drug-likeness (QED) is 0.464. The molecule has 4 heteroatoms. The van der Waals surface area contributed by atoms with Gasteiger partial charge in [-0.05, 0) is 50.3 Å². The number of aromatic nitrogens is 2. The van der Waals surface area contributed by atoms with Gasteiger partial charge in [0.1, 0.15) is 16.2 Å². The van der Waals surface area contributed by atoms with Gasteiger partial charge in [-0.15, -0.1) is 11.3 Å². The van der Waals surface area contributed by atoms with Gasteiger partial charge in [0, 0.05) is 15.2 Å². The van der Waals surface area contributed by atoms with Gasteiger partial charge in [0.15, 0.2) is 0 Å². The second-order valence-corrected chi connectivity index (χ2v) is 7.98. The second-order valence-electron chi connectivity index (χ2n) is 5.84. The number of hydrogen-bond acceptors (Lipinski definition) is 4. The number of thiophene rings is 1. The highest BCUT2D eigenvalue weighted by atomic mass is 32.2. The van der Waals surface area contributed by atoms with Gasteiger partial charge in [-0.3, -0.25) is 0 Å². The fraction of sp³-hybridized carbons (Fsp3) is 0.333. The highest BCUT2D eigenvalue weighted by molar-refractivity contribution is 7.99. The molecule has 22 heavy (non-hydrogen) atoms. The lowest BCUT2D eigenvalue weighted by molar-refractivity contribution is 0.713. The summed E-state index contributed by atoms with van der Waals surface area (Å²) in [7, 11) is 0. The molecule has 0 saturated heterocycles. The minimum atomic E-state index is 1.12. The molecule has 0 spiro atoms. The molecular weight excluding hydrogens is 308 g/mol. The van der Waals surface area contributed by atoms with Crippen molar-refractivity contribution in [2.45, 2.75) is 48.9 Å². The molecule has 0 atom stereocenters. The predicted molar refractivity (Wildman–Crippen MR) is 94.0 cm³/mol. The number of aryl methyl sites for hydroxylation is 3. The molecule has 2 nitrogen and oxygen atoms in total. The van der Waals surface area contributed by atoms with E-state index in [2.05, 4.69) is 41.2 Å². The smallest absolute Gasteiger partial charge is 0.128 e. The van der Waals surface area contributed by atoms with Crippen LogP contribution in [0.5, 0.6) is 0 Å². The number of nitrogens with zero attached hydrogens (tertiary/aromatic N) is 2. The molecule has 2 aromatic heterocycles. The van der Waals surface area contributed by atoms with Crippen molar-refractivity contribution in [1.29, 1.82) is 0 Å². The Morgan fingerprint density at radius 1 is 1.00 bits per heavy atom. The molecule has 0 bridgehead atoms. The van der Waals surface area contributed by atoms with Gasteiger partial charge in [0.2, 0.25) is 0 Å². The van der Waals surface area contributed by atoms with Crippen molar-refractivity contribution >= 4 is 33.3 Å². The average molecular weight is 326 g/mol. The van der Waals surface area contributed by atoms with Crippen molar-refractivity contribution in [3.8, 4) is 0 Å². The second kappa shape index (κ2) is 6.01. The molecule has 2 heterocycles. The zero-order valence-electron chi connectivity index (χ0n) is 12.6. The molecule has 0 radical (unpaired) electrons. The molecule has 4 rings (SSSR count). The number of hydrogen-bond donors (Lipinski definition) is 0. The van der Waals surface area contributed by atoms with Crippen LogP contribution in [0.1, 0.15) is 35.3 Å². The summed E-state index contributed by atoms with van der Waals surface area (Å²) in [6, 6.07) is 8.68. The van der Waals surface area contributed by atoms with Crippen molar-refractivity contribution in [2.75, 3.05) is 0 Å². The number of benzene rings is 1. The van der Waals surface area contributed by atoms with Crippen molar-refractivity contribution in [2.24, 2.45) is 0 Å². The summed E-state index contributed by atoms with van der Waals surface area (Å²) in [5.41, 5.74) is 2.81. The maximum absolute atomic E-state index is 4.59. The Balaban J connectivity index is 1.80. The zero-order chi connectivity index (χ0) is 14.9. The van der Waals surface area contributed by atoms with E-state index in [1.807, 2.05) is 11.3 Å². The molecule has 0 unspecified atom stereocenters. The van der Waals surface area contributed by atoms with Crippen LogP contribution in [0, 0.1) is 6.92 Å². The topological polar surface area (TPSA) is 25.8 Å². The molecule has 112 valence electrons. The van der Waals surface area contributed by atoms with E-state index in [9.17, 15) is 0 Å². The lowest BCUT2D eigenvalue weighted by atomic mass is 10.1. The van der Waals surface area contributed by atoms with E-state index in [0.717, 1.165) is 9.86 Å². The standard InChI is InChI=1S/C18H18N2S2/c1-12-7-9-13(10-8-12)21-17-16-14-5-3-2-4-6-15(14)22-18(16)20-11-19-17/h7-11H,2-6H2,1H3. The fourth-order valence-corrected chi connectivity index (χ4v) is 5.24. The first-order valence-electron chi connectivity index (χ1n) is 7.81. The summed E-state index contributed by atoms with van der Waals surface area (Å²) in [6.45, 7) is 2.12. The van der Waals surface area contributed by atoms with Gasteiger partial charge in [-0.1, -0.05) is 35.9 Å². The van der Waals surface area contributed by atoms with Gasteiger partial charge in [-0.2, -0.15) is 0 Å². The van der Waals surface area contributed by atoms with Crippen LogP contribution in [-0.2, 0) is 12.8 Å². The first-order valence-corrected chi connectivity index (χ1v) is 9.44. The third-order valence-corrected chi connectivity index (χ3v) is 6.41. The predicted octanol–water partition coefficient (Wildman–Crippen LogP) is 5.42. The third-order valence-electron chi connectivity index (χ3n) is 4.20. The Kier molecular flexibility index (Phi) is 3.89. The van der Waals surface area contributed by atoms with Crippen LogP contribution in [0.2, 0.25) is 0 Å². The van der Waals surface area contributed by atoms with Crippen molar-refractivity contribution in [3.05, 3.63) is 46.6 Å². The molecule has 0 amide bonds. The molecule has 0 saturated carbocycles. The Morgan fingerprint density at radius 2 is 1.82 bits per heavy atom. The van der Waals surface area contributed by atoms with E-state index in [4.69, 9.17) is 0 Å². The van der Waals surface area contributed by atoms with Crippen LogP contribution in [0.25, 0.3) is 10.2 Å². The largest absolute Gasteiger partial charge is 0.229 e. The van der Waals surface area contributed by atoms with E-state index >= 15 is 0 Å². The van der Waals surface area contributed by atoms with Crippen LogP contribution in [0.4, 0.5) is 0 Å². The highest BCUT2D eigenvalue weighted by Crippen LogP contribution is 2.40. The molecule has 0 fully saturated rings. The monoisotopic (exact) mass is 326 g/mol. The molecule has 1 aliphatic carbocycles. The molecule has 1 aromatic carbocycles. The van der Waals surface area contributed by atoms with Gasteiger partial charge >= 0.3 is 0 Å². The number of fused-ring (bicyclic) bond motifs is 3. The van der Waals surface area contributed by atoms with E-state index in [1.54, 1.807) is 23.0 Å². The van der Waals surface area contributed by atoms with Gasteiger partial charge < -0.3 is 0 Å². The van der Waals surface area contributed by atoms with Crippen LogP contribution in [-0.4, -0.2) is 9.97 Å². The Morgan fingerprint density at radius 3 is 2.68 bits per heavy atom. The van der Waals surface area contributed by atoms with Crippen molar-refractivity contribution in [1.82, 2.24) is 9.97 Å². The Bertz CT molecular complexity index is 806. The van der Waals surface area contributed by atoms with E-state index in [1.165, 1.54) is 53.5 Å². The highest BCUT2D eigenvalue weighted by Gasteiger charge is 2.19. The number of rotatable bonds is 2. The summed E-state index contributed by atoms with van der Waals surface area (Å²) in [4.78, 5) is 13.1. The van der Waals surface area contributed by atoms with Crippen LogP contribution < -0.4 is 0 Å². The lowest BCUT2D eigenvalue weighted by Crippen LogP contribution is -1.89. The average Bonchev–Trinajstić information content (AvgIpc) is 2.73. The van der Waals surface area contributed by atoms with Gasteiger partial charge in [0.05, 0.1) is 0 Å². The summed E-state index contributed by atoms with van der Waals surface area (Å²) in [6.07, 6.45) is 8.07. The fourth-order valence-electron chi connectivity index (χ4n) is 3.03. The van der Waals surface area contributed by atoms with Gasteiger partial charge in [0.25, 0.3) is 0 Å². The van der Waals surface area contributed by atoms with E-state index in [0.29, 0.717) is 0 Å². The maximum Gasteiger partial charge on any atom is 0.128 e. The normalized spacial score (nSPS) is 14.8. The molecule has 3 aromatic rings. The minimum Gasteiger partial charge on any atom is -0.229 e. The summed E-state index contributed by atoms with van der Waals surface area (Å²) < 4.78 is 0.